The number of carbonyl (C=O) groups excluding carboxylic acids is 1. The Kier molecular flexibility index (Phi) is 5.36. The number of nitrogens with zero attached hydrogens (tertiary/aromatic N) is 4. The van der Waals surface area contributed by atoms with Crippen molar-refractivity contribution in [2.75, 3.05) is 0 Å². The Balaban J connectivity index is 1.42. The van der Waals surface area contributed by atoms with E-state index in [1.165, 1.54) is 12.5 Å². The van der Waals surface area contributed by atoms with Crippen molar-refractivity contribution in [2.45, 2.75) is 31.5 Å². The van der Waals surface area contributed by atoms with Crippen molar-refractivity contribution in [1.82, 2.24) is 24.8 Å². The zero-order chi connectivity index (χ0) is 19.5. The first-order valence-corrected chi connectivity index (χ1v) is 9.50. The van der Waals surface area contributed by atoms with E-state index in [1.807, 2.05) is 36.5 Å². The lowest BCUT2D eigenvalue weighted by Gasteiger charge is -2.16. The maximum absolute atomic E-state index is 12.4. The van der Waals surface area contributed by atoms with Gasteiger partial charge in [-0.25, -0.2) is 15.0 Å². The van der Waals surface area contributed by atoms with Crippen molar-refractivity contribution < 1.29 is 9.90 Å². The maximum Gasteiger partial charge on any atom is 0.271 e. The molecule has 4 rings (SSSR count). The van der Waals surface area contributed by atoms with E-state index in [4.69, 9.17) is 11.6 Å². The first-order chi connectivity index (χ1) is 13.6. The summed E-state index contributed by atoms with van der Waals surface area (Å²) in [6.07, 6.45) is 7.04. The monoisotopic (exact) mass is 397 g/mol. The highest BCUT2D eigenvalue weighted by molar-refractivity contribution is 6.33. The Labute approximate surface area is 167 Å². The molecule has 2 aromatic heterocycles. The van der Waals surface area contributed by atoms with Crippen LogP contribution in [0.4, 0.5) is 0 Å². The number of amides is 1. The van der Waals surface area contributed by atoms with Gasteiger partial charge in [-0.05, 0) is 18.8 Å². The van der Waals surface area contributed by atoms with E-state index >= 15 is 0 Å². The van der Waals surface area contributed by atoms with Crippen LogP contribution in [0.2, 0.25) is 5.02 Å². The molecule has 144 valence electrons. The number of carbonyl (C=O) groups is 1. The van der Waals surface area contributed by atoms with Crippen molar-refractivity contribution in [1.29, 1.82) is 0 Å². The summed E-state index contributed by atoms with van der Waals surface area (Å²) >= 11 is 5.98. The summed E-state index contributed by atoms with van der Waals surface area (Å²) in [5.74, 6) is 0.720. The van der Waals surface area contributed by atoms with Gasteiger partial charge in [0.2, 0.25) is 0 Å². The Morgan fingerprint density at radius 1 is 1.25 bits per heavy atom. The molecule has 1 aliphatic rings. The lowest BCUT2D eigenvalue weighted by molar-refractivity contribution is 0.0868. The van der Waals surface area contributed by atoms with Gasteiger partial charge in [0.1, 0.15) is 17.8 Å². The fourth-order valence-corrected chi connectivity index (χ4v) is 3.91. The summed E-state index contributed by atoms with van der Waals surface area (Å²) in [6.45, 7) is 0.724. The van der Waals surface area contributed by atoms with Crippen LogP contribution in [-0.4, -0.2) is 42.7 Å². The average molecular weight is 398 g/mol. The van der Waals surface area contributed by atoms with E-state index < -0.39 is 12.0 Å². The second kappa shape index (κ2) is 8.08. The normalized spacial score (nSPS) is 21.6. The number of nitrogens with one attached hydrogen (secondary N) is 1. The number of hydrogen-bond acceptors (Lipinski definition) is 5. The molecule has 0 spiro atoms. The molecule has 0 bridgehead atoms. The summed E-state index contributed by atoms with van der Waals surface area (Å²) in [5, 5.41) is 13.5. The first kappa shape index (κ1) is 18.6. The zero-order valence-electron chi connectivity index (χ0n) is 15.1. The van der Waals surface area contributed by atoms with Crippen LogP contribution in [0.1, 0.15) is 23.3 Å². The van der Waals surface area contributed by atoms with E-state index in [0.717, 1.165) is 17.9 Å². The molecule has 1 saturated carbocycles. The Hall–Kier alpha value is -2.77. The predicted molar refractivity (Wildman–Crippen MR) is 105 cm³/mol. The summed E-state index contributed by atoms with van der Waals surface area (Å²) < 4.78 is 2.10. The molecule has 1 aromatic carbocycles. The van der Waals surface area contributed by atoms with Gasteiger partial charge >= 0.3 is 0 Å². The predicted octanol–water partition coefficient (Wildman–Crippen LogP) is 2.56. The highest BCUT2D eigenvalue weighted by Crippen LogP contribution is 2.29. The van der Waals surface area contributed by atoms with Crippen LogP contribution in [0.5, 0.6) is 0 Å². The van der Waals surface area contributed by atoms with Crippen LogP contribution in [0, 0.1) is 5.92 Å². The van der Waals surface area contributed by atoms with Crippen LogP contribution in [0.15, 0.2) is 55.2 Å². The second-order valence-electron chi connectivity index (χ2n) is 6.97. The van der Waals surface area contributed by atoms with Crippen molar-refractivity contribution >= 4 is 17.5 Å². The minimum absolute atomic E-state index is 0.119. The van der Waals surface area contributed by atoms with E-state index in [2.05, 4.69) is 24.8 Å². The molecule has 1 aliphatic carbocycles. The third-order valence-corrected chi connectivity index (χ3v) is 5.30. The van der Waals surface area contributed by atoms with E-state index in [9.17, 15) is 9.90 Å². The van der Waals surface area contributed by atoms with Gasteiger partial charge in [-0.2, -0.15) is 0 Å². The fourth-order valence-electron chi connectivity index (χ4n) is 3.72. The molecule has 0 radical (unpaired) electrons. The van der Waals surface area contributed by atoms with Crippen LogP contribution >= 0.6 is 11.6 Å². The number of imidazole rings is 1. The first-order valence-electron chi connectivity index (χ1n) is 9.13. The lowest BCUT2D eigenvalue weighted by Crippen LogP contribution is -2.40. The van der Waals surface area contributed by atoms with Gasteiger partial charge in [0, 0.05) is 30.7 Å². The molecule has 0 saturated heterocycles. The molecule has 1 fully saturated rings. The van der Waals surface area contributed by atoms with Crippen molar-refractivity contribution in [3.8, 4) is 11.4 Å². The SMILES string of the molecule is O=C(N[C@@H]1CC(Cn2ccnc2-c2ccccc2)C[C@H]1O)c1ncncc1Cl. The zero-order valence-corrected chi connectivity index (χ0v) is 15.8. The summed E-state index contributed by atoms with van der Waals surface area (Å²) in [6, 6.07) is 9.65. The molecule has 3 aromatic rings. The molecular weight excluding hydrogens is 378 g/mol. The molecule has 2 N–H and O–H groups in total. The summed E-state index contributed by atoms with van der Waals surface area (Å²) in [7, 11) is 0. The minimum Gasteiger partial charge on any atom is -0.391 e. The maximum atomic E-state index is 12.4. The molecule has 7 nitrogen and oxygen atoms in total. The number of hydrogen-bond donors (Lipinski definition) is 2. The Bertz CT molecular complexity index is 962. The molecular formula is C20H20ClN5O2. The molecule has 0 aliphatic heterocycles. The summed E-state index contributed by atoms with van der Waals surface area (Å²) in [5.41, 5.74) is 1.17. The Morgan fingerprint density at radius 2 is 2.07 bits per heavy atom. The molecule has 3 atom stereocenters. The van der Waals surface area contributed by atoms with Crippen LogP contribution in [-0.2, 0) is 6.54 Å². The molecule has 8 heteroatoms. The number of aliphatic hydroxyl groups excluding tert-OH is 1. The van der Waals surface area contributed by atoms with Crippen LogP contribution in [0.25, 0.3) is 11.4 Å². The molecule has 1 unspecified atom stereocenters. The van der Waals surface area contributed by atoms with Gasteiger partial charge in [0.15, 0.2) is 0 Å². The van der Waals surface area contributed by atoms with Gasteiger partial charge in [0.25, 0.3) is 5.91 Å². The van der Waals surface area contributed by atoms with Crippen LogP contribution < -0.4 is 5.32 Å². The third kappa shape index (κ3) is 3.90. The molecule has 2 heterocycles. The number of benzene rings is 1. The summed E-state index contributed by atoms with van der Waals surface area (Å²) in [4.78, 5) is 24.6. The largest absolute Gasteiger partial charge is 0.391 e. The van der Waals surface area contributed by atoms with Gasteiger partial charge < -0.3 is 15.0 Å². The number of halogens is 1. The highest BCUT2D eigenvalue weighted by Gasteiger charge is 2.35. The van der Waals surface area contributed by atoms with Gasteiger partial charge in [0.05, 0.1) is 17.2 Å². The topological polar surface area (TPSA) is 92.9 Å². The van der Waals surface area contributed by atoms with Gasteiger partial charge in [-0.15, -0.1) is 0 Å². The quantitative estimate of drug-likeness (QED) is 0.690. The highest BCUT2D eigenvalue weighted by atomic mass is 35.5. The van der Waals surface area contributed by atoms with Gasteiger partial charge in [-0.3, -0.25) is 4.79 Å². The third-order valence-electron chi connectivity index (χ3n) is 5.03. The van der Waals surface area contributed by atoms with E-state index in [1.54, 1.807) is 6.20 Å². The van der Waals surface area contributed by atoms with Crippen LogP contribution in [0.3, 0.4) is 0 Å². The van der Waals surface area contributed by atoms with Crippen molar-refractivity contribution in [2.24, 2.45) is 5.92 Å². The minimum atomic E-state index is -0.613. The van der Waals surface area contributed by atoms with Crippen molar-refractivity contribution in [3.63, 3.8) is 0 Å². The second-order valence-corrected chi connectivity index (χ2v) is 7.38. The lowest BCUT2D eigenvalue weighted by atomic mass is 10.1. The Morgan fingerprint density at radius 3 is 2.86 bits per heavy atom. The fraction of sp³-hybridized carbons (Fsp3) is 0.300. The van der Waals surface area contributed by atoms with E-state index in [0.29, 0.717) is 12.8 Å². The number of aromatic nitrogens is 4. The average Bonchev–Trinajstić information content (AvgIpc) is 3.29. The number of aliphatic hydroxyl groups is 1. The smallest absolute Gasteiger partial charge is 0.271 e. The standard InChI is InChI=1S/C20H20ClN5O2/c21-15-10-22-12-24-18(15)20(28)25-16-8-13(9-17(16)27)11-26-7-6-23-19(26)14-4-2-1-3-5-14/h1-7,10,12-13,16-17,27H,8-9,11H2,(H,25,28)/t13?,16-,17-/m1/s1. The number of rotatable bonds is 5. The van der Waals surface area contributed by atoms with E-state index in [-0.39, 0.29) is 22.7 Å². The van der Waals surface area contributed by atoms with Crippen molar-refractivity contribution in [3.05, 3.63) is 66.0 Å². The van der Waals surface area contributed by atoms with Gasteiger partial charge in [-0.1, -0.05) is 41.9 Å². The molecule has 1 amide bonds. The molecule has 28 heavy (non-hydrogen) atoms.